The average molecular weight is 318 g/mol. The Bertz CT molecular complexity index is 510. The van der Waals surface area contributed by atoms with Crippen LogP contribution in [0.1, 0.15) is 37.8 Å². The molecule has 4 nitrogen and oxygen atoms in total. The summed E-state index contributed by atoms with van der Waals surface area (Å²) in [7, 11) is 0. The van der Waals surface area contributed by atoms with Crippen molar-refractivity contribution >= 4 is 5.91 Å². The summed E-state index contributed by atoms with van der Waals surface area (Å²) in [5.74, 6) is 1.32. The van der Waals surface area contributed by atoms with Gasteiger partial charge in [0.1, 0.15) is 5.75 Å². The van der Waals surface area contributed by atoms with Gasteiger partial charge in [0.2, 0.25) is 5.91 Å². The van der Waals surface area contributed by atoms with Crippen LogP contribution in [-0.4, -0.2) is 43.6 Å². The topological polar surface area (TPSA) is 41.6 Å². The monoisotopic (exact) mass is 318 g/mol. The molecular weight excluding hydrogens is 288 g/mol. The molecule has 1 heterocycles. The molecule has 0 aromatic heterocycles. The second-order valence-electron chi connectivity index (χ2n) is 6.47. The summed E-state index contributed by atoms with van der Waals surface area (Å²) in [4.78, 5) is 14.5. The van der Waals surface area contributed by atoms with E-state index >= 15 is 0 Å². The number of ether oxygens (including phenoxy) is 1. The molecule has 1 aromatic carbocycles. The molecule has 1 amide bonds. The fourth-order valence-corrected chi connectivity index (χ4v) is 2.95. The molecule has 128 valence electrons. The highest BCUT2D eigenvalue weighted by Crippen LogP contribution is 2.24. The lowest BCUT2D eigenvalue weighted by molar-refractivity contribution is -0.135. The van der Waals surface area contributed by atoms with Crippen LogP contribution in [0.2, 0.25) is 0 Å². The number of hydrogen-bond donors (Lipinski definition) is 1. The molecule has 2 rings (SSSR count). The first-order valence-electron chi connectivity index (χ1n) is 8.83. The van der Waals surface area contributed by atoms with Gasteiger partial charge in [0.15, 0.2) is 0 Å². The van der Waals surface area contributed by atoms with E-state index in [2.05, 4.69) is 37.4 Å². The maximum absolute atomic E-state index is 12.5. The van der Waals surface area contributed by atoms with Crippen molar-refractivity contribution in [1.29, 1.82) is 0 Å². The number of aryl methyl sites for hydroxylation is 2. The number of carbonyl (C=O) groups excluding carboxylic acids is 1. The first kappa shape index (κ1) is 17.8. The van der Waals surface area contributed by atoms with Gasteiger partial charge in [0.05, 0.1) is 6.61 Å². The van der Waals surface area contributed by atoms with Gasteiger partial charge < -0.3 is 15.0 Å². The normalized spacial score (nSPS) is 16.2. The van der Waals surface area contributed by atoms with Crippen LogP contribution in [0, 0.1) is 12.8 Å². The lowest BCUT2D eigenvalue weighted by Gasteiger charge is -2.29. The van der Waals surface area contributed by atoms with Gasteiger partial charge in [-0.05, 0) is 37.8 Å². The Balaban J connectivity index is 1.93. The van der Waals surface area contributed by atoms with Gasteiger partial charge in [-0.15, -0.1) is 0 Å². The lowest BCUT2D eigenvalue weighted by Crippen LogP contribution is -2.48. The Morgan fingerprint density at radius 3 is 2.78 bits per heavy atom. The standard InChI is InChI=1S/C19H30N2O2/c1-4-13-23-18-8-5-15(2)14-17(18)7-6-16(3)19(22)21-11-9-20-10-12-21/h5,8,14,16,20H,4,6-7,9-13H2,1-3H3. The van der Waals surface area contributed by atoms with Gasteiger partial charge >= 0.3 is 0 Å². The Morgan fingerprint density at radius 2 is 2.09 bits per heavy atom. The van der Waals surface area contributed by atoms with Crippen LogP contribution in [0.25, 0.3) is 0 Å². The van der Waals surface area contributed by atoms with Gasteiger partial charge in [0.25, 0.3) is 0 Å². The minimum Gasteiger partial charge on any atom is -0.493 e. The van der Waals surface area contributed by atoms with E-state index < -0.39 is 0 Å². The van der Waals surface area contributed by atoms with Gasteiger partial charge in [0, 0.05) is 32.1 Å². The van der Waals surface area contributed by atoms with Gasteiger partial charge in [-0.1, -0.05) is 31.5 Å². The smallest absolute Gasteiger partial charge is 0.225 e. The number of nitrogens with zero attached hydrogens (tertiary/aromatic N) is 1. The zero-order valence-electron chi connectivity index (χ0n) is 14.7. The van der Waals surface area contributed by atoms with Crippen molar-refractivity contribution in [1.82, 2.24) is 10.2 Å². The van der Waals surface area contributed by atoms with Crippen LogP contribution in [-0.2, 0) is 11.2 Å². The largest absolute Gasteiger partial charge is 0.493 e. The number of hydrogen-bond acceptors (Lipinski definition) is 3. The predicted octanol–water partition coefficient (Wildman–Crippen LogP) is 2.78. The fraction of sp³-hybridized carbons (Fsp3) is 0.632. The molecule has 0 bridgehead atoms. The summed E-state index contributed by atoms with van der Waals surface area (Å²) in [6.45, 7) is 10.5. The van der Waals surface area contributed by atoms with E-state index in [9.17, 15) is 4.79 Å². The number of benzene rings is 1. The molecule has 0 radical (unpaired) electrons. The van der Waals surface area contributed by atoms with E-state index in [1.54, 1.807) is 0 Å². The zero-order chi connectivity index (χ0) is 16.7. The maximum Gasteiger partial charge on any atom is 0.225 e. The van der Waals surface area contributed by atoms with Crippen molar-refractivity contribution in [2.75, 3.05) is 32.8 Å². The minimum absolute atomic E-state index is 0.0626. The molecule has 1 atom stereocenters. The summed E-state index contributed by atoms with van der Waals surface area (Å²) in [6, 6.07) is 6.33. The molecule has 23 heavy (non-hydrogen) atoms. The van der Waals surface area contributed by atoms with Crippen molar-refractivity contribution < 1.29 is 9.53 Å². The van der Waals surface area contributed by atoms with E-state index in [1.165, 1.54) is 11.1 Å². The zero-order valence-corrected chi connectivity index (χ0v) is 14.7. The second-order valence-corrected chi connectivity index (χ2v) is 6.47. The summed E-state index contributed by atoms with van der Waals surface area (Å²) in [5, 5.41) is 3.29. The first-order chi connectivity index (χ1) is 11.1. The third-order valence-corrected chi connectivity index (χ3v) is 4.37. The highest BCUT2D eigenvalue weighted by molar-refractivity contribution is 5.78. The van der Waals surface area contributed by atoms with Crippen molar-refractivity contribution in [3.05, 3.63) is 29.3 Å². The van der Waals surface area contributed by atoms with E-state index in [-0.39, 0.29) is 11.8 Å². The molecule has 1 aromatic rings. The van der Waals surface area contributed by atoms with E-state index in [0.717, 1.165) is 57.8 Å². The van der Waals surface area contributed by atoms with Crippen molar-refractivity contribution in [3.63, 3.8) is 0 Å². The van der Waals surface area contributed by atoms with Crippen LogP contribution < -0.4 is 10.1 Å². The Kier molecular flexibility index (Phi) is 6.90. The van der Waals surface area contributed by atoms with Crippen LogP contribution in [0.5, 0.6) is 5.75 Å². The minimum atomic E-state index is 0.0626. The highest BCUT2D eigenvalue weighted by atomic mass is 16.5. The van der Waals surface area contributed by atoms with E-state index in [1.807, 2.05) is 11.8 Å². The number of carbonyl (C=O) groups is 1. The lowest BCUT2D eigenvalue weighted by atomic mass is 9.98. The van der Waals surface area contributed by atoms with Crippen LogP contribution in [0.4, 0.5) is 0 Å². The van der Waals surface area contributed by atoms with Gasteiger partial charge in [-0.25, -0.2) is 0 Å². The third-order valence-electron chi connectivity index (χ3n) is 4.37. The van der Waals surface area contributed by atoms with Gasteiger partial charge in [-0.3, -0.25) is 4.79 Å². The van der Waals surface area contributed by atoms with E-state index in [0.29, 0.717) is 0 Å². The predicted molar refractivity (Wildman–Crippen MR) is 93.9 cm³/mol. The summed E-state index contributed by atoms with van der Waals surface area (Å²) >= 11 is 0. The first-order valence-corrected chi connectivity index (χ1v) is 8.83. The SMILES string of the molecule is CCCOc1ccc(C)cc1CCC(C)C(=O)N1CCNCC1. The van der Waals surface area contributed by atoms with Crippen molar-refractivity contribution in [2.45, 2.75) is 40.0 Å². The van der Waals surface area contributed by atoms with Crippen molar-refractivity contribution in [3.8, 4) is 5.75 Å². The quantitative estimate of drug-likeness (QED) is 0.840. The number of nitrogens with one attached hydrogen (secondary N) is 1. The molecule has 0 saturated carbocycles. The summed E-state index contributed by atoms with van der Waals surface area (Å²) in [6.07, 6.45) is 2.76. The Morgan fingerprint density at radius 1 is 1.35 bits per heavy atom. The van der Waals surface area contributed by atoms with Gasteiger partial charge in [-0.2, -0.15) is 0 Å². The molecule has 1 N–H and O–H groups in total. The molecule has 4 heteroatoms. The molecule has 1 aliphatic rings. The van der Waals surface area contributed by atoms with Crippen LogP contribution >= 0.6 is 0 Å². The number of piperazine rings is 1. The molecule has 0 aliphatic carbocycles. The molecule has 0 spiro atoms. The molecule has 1 unspecified atom stereocenters. The van der Waals surface area contributed by atoms with Crippen LogP contribution in [0.3, 0.4) is 0 Å². The molecule has 1 fully saturated rings. The van der Waals surface area contributed by atoms with E-state index in [4.69, 9.17) is 4.74 Å². The highest BCUT2D eigenvalue weighted by Gasteiger charge is 2.22. The van der Waals surface area contributed by atoms with Crippen LogP contribution in [0.15, 0.2) is 18.2 Å². The van der Waals surface area contributed by atoms with Crippen molar-refractivity contribution in [2.24, 2.45) is 5.92 Å². The Hall–Kier alpha value is -1.55. The Labute approximate surface area is 140 Å². The molecule has 1 saturated heterocycles. The maximum atomic E-state index is 12.5. The summed E-state index contributed by atoms with van der Waals surface area (Å²) in [5.41, 5.74) is 2.46. The average Bonchev–Trinajstić information content (AvgIpc) is 2.59. The molecule has 1 aliphatic heterocycles. The number of amides is 1. The summed E-state index contributed by atoms with van der Waals surface area (Å²) < 4.78 is 5.85. The third kappa shape index (κ3) is 5.24. The molecular formula is C19H30N2O2. The second kappa shape index (κ2) is 8.92. The fourth-order valence-electron chi connectivity index (χ4n) is 2.95. The number of rotatable bonds is 7.